The lowest BCUT2D eigenvalue weighted by molar-refractivity contribution is 0.875. The minimum atomic E-state index is 0.623. The minimum Gasteiger partial charge on any atom is -0.329 e. The summed E-state index contributed by atoms with van der Waals surface area (Å²) in [6, 6.07) is 0. The molecule has 2 aromatic heterocycles. The van der Waals surface area contributed by atoms with Crippen LogP contribution in [0, 0.1) is 0 Å². The molecule has 0 atom stereocenters. The third-order valence-electron chi connectivity index (χ3n) is 1.76. The van der Waals surface area contributed by atoms with E-state index in [0.29, 0.717) is 11.3 Å². The fraction of sp³-hybridized carbons (Fsp3) is 0. The van der Waals surface area contributed by atoms with Crippen LogP contribution in [0.1, 0.15) is 5.56 Å². The van der Waals surface area contributed by atoms with E-state index in [1.165, 1.54) is 0 Å². The van der Waals surface area contributed by atoms with Crippen LogP contribution in [-0.4, -0.2) is 31.0 Å². The number of aromatic amines is 2. The Bertz CT molecular complexity index is 566. The molecule has 1 aliphatic rings. The molecule has 7 heteroatoms. The van der Waals surface area contributed by atoms with Gasteiger partial charge < -0.3 is 4.98 Å². The lowest BCUT2D eigenvalue weighted by Crippen LogP contribution is -2.09. The molecule has 0 saturated carbocycles. The molecule has 0 bridgehead atoms. The second kappa shape index (κ2) is 2.16. The summed E-state index contributed by atoms with van der Waals surface area (Å²) >= 11 is 0. The van der Waals surface area contributed by atoms with Crippen molar-refractivity contribution in [2.75, 3.05) is 0 Å². The van der Waals surface area contributed by atoms with Crippen LogP contribution in [0.2, 0.25) is 0 Å². The number of hydrogen-bond acceptors (Lipinski definition) is 4. The Hall–Kier alpha value is -2.18. The first-order chi connectivity index (χ1) is 6.43. The van der Waals surface area contributed by atoms with Gasteiger partial charge in [0, 0.05) is 6.20 Å². The van der Waals surface area contributed by atoms with E-state index in [1.807, 2.05) is 0 Å². The summed E-state index contributed by atoms with van der Waals surface area (Å²) in [7, 11) is 0. The third kappa shape index (κ3) is 0.835. The molecule has 0 aliphatic carbocycles. The number of aromatic nitrogens is 5. The number of H-pyrrole nitrogens is 2. The van der Waals surface area contributed by atoms with Crippen LogP contribution in [0.3, 0.4) is 0 Å². The zero-order valence-corrected chi connectivity index (χ0v) is 6.47. The molecule has 0 amide bonds. The molecule has 2 aromatic rings. The molecule has 64 valence electrons. The second-order valence-electron chi connectivity index (χ2n) is 2.57. The summed E-state index contributed by atoms with van der Waals surface area (Å²) < 4.78 is 1.64. The molecule has 0 radical (unpaired) electrons. The van der Waals surface area contributed by atoms with E-state index in [1.54, 1.807) is 23.3 Å². The van der Waals surface area contributed by atoms with Crippen LogP contribution in [0.4, 0.5) is 0 Å². The molecule has 3 heterocycles. The highest BCUT2D eigenvalue weighted by Crippen LogP contribution is 1.91. The van der Waals surface area contributed by atoms with E-state index < -0.39 is 0 Å². The highest BCUT2D eigenvalue weighted by molar-refractivity contribution is 5.79. The van der Waals surface area contributed by atoms with E-state index in [-0.39, 0.29) is 0 Å². The molecule has 0 spiro atoms. The van der Waals surface area contributed by atoms with Crippen molar-refractivity contribution in [3.63, 3.8) is 0 Å². The van der Waals surface area contributed by atoms with Crippen molar-refractivity contribution in [3.05, 3.63) is 23.6 Å². The van der Waals surface area contributed by atoms with Gasteiger partial charge in [-0.3, -0.25) is 5.10 Å². The Labute approximate surface area is 71.5 Å². The van der Waals surface area contributed by atoms with E-state index in [0.717, 1.165) is 5.56 Å². The van der Waals surface area contributed by atoms with Crippen molar-refractivity contribution in [1.29, 1.82) is 0 Å². The fourth-order valence-electron chi connectivity index (χ4n) is 1.13. The molecular formula is C6H5N7. The van der Waals surface area contributed by atoms with Crippen LogP contribution < -0.4 is 5.49 Å². The zero-order chi connectivity index (χ0) is 8.67. The van der Waals surface area contributed by atoms with Crippen molar-refractivity contribution in [3.8, 4) is 0 Å². The lowest BCUT2D eigenvalue weighted by atomic mass is 10.4. The Morgan fingerprint density at radius 3 is 3.38 bits per heavy atom. The van der Waals surface area contributed by atoms with Crippen LogP contribution in [0.25, 0.3) is 5.78 Å². The molecule has 2 N–H and O–H groups in total. The number of rotatable bonds is 0. The van der Waals surface area contributed by atoms with E-state index >= 15 is 0 Å². The second-order valence-corrected chi connectivity index (χ2v) is 2.57. The van der Waals surface area contributed by atoms with Gasteiger partial charge in [0.25, 0.3) is 0 Å². The first kappa shape index (κ1) is 6.35. The molecular weight excluding hydrogens is 170 g/mol. The molecule has 13 heavy (non-hydrogen) atoms. The van der Waals surface area contributed by atoms with Crippen molar-refractivity contribution < 1.29 is 0 Å². The minimum absolute atomic E-state index is 0.623. The standard InChI is InChI=1S/C6H5N7/c1-4-2-8-10-5(4)12-13-3-9-11-6(13)7-1/h1-3H,(H,7,11)(H,10,12). The Morgan fingerprint density at radius 1 is 1.38 bits per heavy atom. The maximum absolute atomic E-state index is 3.89. The largest absolute Gasteiger partial charge is 0.329 e. The summed E-state index contributed by atoms with van der Waals surface area (Å²) in [5.74, 6) is 0.623. The highest BCUT2D eigenvalue weighted by Gasteiger charge is 1.99. The van der Waals surface area contributed by atoms with Gasteiger partial charge in [-0.25, -0.2) is 4.52 Å². The molecule has 1 aliphatic heterocycles. The molecule has 0 unspecified atom stereocenters. The number of nitrogens with zero attached hydrogens (tertiary/aromatic N) is 5. The predicted octanol–water partition coefficient (Wildman–Crippen LogP) is -0.804. The predicted molar refractivity (Wildman–Crippen MR) is 43.7 cm³/mol. The maximum Gasteiger partial charge on any atom is 0.247 e. The summed E-state index contributed by atoms with van der Waals surface area (Å²) in [5, 5.41) is 18.2. The third-order valence-corrected chi connectivity index (χ3v) is 1.76. The molecule has 7 nitrogen and oxygen atoms in total. The fourth-order valence-corrected chi connectivity index (χ4v) is 1.13. The maximum atomic E-state index is 3.89. The van der Waals surface area contributed by atoms with Gasteiger partial charge in [-0.15, -0.1) is 15.3 Å². The molecule has 0 saturated heterocycles. The Balaban J connectivity index is 2.55. The van der Waals surface area contributed by atoms with Gasteiger partial charge in [-0.2, -0.15) is 5.10 Å². The van der Waals surface area contributed by atoms with Crippen LogP contribution in [0.15, 0.2) is 22.7 Å². The van der Waals surface area contributed by atoms with Gasteiger partial charge in [0.1, 0.15) is 6.33 Å². The average molecular weight is 175 g/mol. The number of fused-ring (bicyclic) bond motifs is 2. The van der Waals surface area contributed by atoms with E-state index in [4.69, 9.17) is 0 Å². The van der Waals surface area contributed by atoms with Crippen LogP contribution in [0.5, 0.6) is 0 Å². The van der Waals surface area contributed by atoms with Crippen molar-refractivity contribution in [2.24, 2.45) is 10.2 Å². The Kier molecular flexibility index (Phi) is 1.05. The van der Waals surface area contributed by atoms with Gasteiger partial charge in [-0.1, -0.05) is 0 Å². The quantitative estimate of drug-likeness (QED) is 0.549. The smallest absolute Gasteiger partial charge is 0.247 e. The number of nitrogens with one attached hydrogen (secondary N) is 2. The van der Waals surface area contributed by atoms with Gasteiger partial charge in [0.2, 0.25) is 5.78 Å². The molecule has 3 rings (SSSR count). The summed E-state index contributed by atoms with van der Waals surface area (Å²) in [4.78, 5) is 2.97. The van der Waals surface area contributed by atoms with Crippen molar-refractivity contribution >= 4 is 12.0 Å². The summed E-state index contributed by atoms with van der Waals surface area (Å²) in [6.07, 6.45) is 4.99. The van der Waals surface area contributed by atoms with Crippen molar-refractivity contribution in [1.82, 2.24) is 24.8 Å². The first-order valence-corrected chi connectivity index (χ1v) is 3.69. The van der Waals surface area contributed by atoms with Crippen LogP contribution >= 0.6 is 0 Å². The van der Waals surface area contributed by atoms with Gasteiger partial charge in [0.05, 0.1) is 11.8 Å². The summed E-state index contributed by atoms with van der Waals surface area (Å²) in [5.41, 5.74) is 1.58. The van der Waals surface area contributed by atoms with Gasteiger partial charge >= 0.3 is 0 Å². The van der Waals surface area contributed by atoms with Gasteiger partial charge in [-0.05, 0) is 0 Å². The lowest BCUT2D eigenvalue weighted by Gasteiger charge is -1.81. The monoisotopic (exact) mass is 175 g/mol. The van der Waals surface area contributed by atoms with Crippen molar-refractivity contribution in [2.45, 2.75) is 0 Å². The van der Waals surface area contributed by atoms with Gasteiger partial charge in [0.15, 0.2) is 5.49 Å². The first-order valence-electron chi connectivity index (χ1n) is 3.69. The normalized spacial score (nSPS) is 12.9. The van der Waals surface area contributed by atoms with E-state index in [9.17, 15) is 0 Å². The molecule has 0 fully saturated rings. The zero-order valence-electron chi connectivity index (χ0n) is 6.47. The average Bonchev–Trinajstić information content (AvgIpc) is 2.72. The van der Waals surface area contributed by atoms with E-state index in [2.05, 4.69) is 30.5 Å². The topological polar surface area (TPSA) is 86.5 Å². The SMILES string of the molecule is C1=NN=c2[nH]n3cnnc3[nH]cc21. The Morgan fingerprint density at radius 2 is 2.38 bits per heavy atom. The van der Waals surface area contributed by atoms with Crippen LogP contribution in [-0.2, 0) is 0 Å². The highest BCUT2D eigenvalue weighted by atomic mass is 15.4. The molecule has 0 aromatic carbocycles. The number of hydrogen-bond donors (Lipinski definition) is 2. The summed E-state index contributed by atoms with van der Waals surface area (Å²) in [6.45, 7) is 0.